The largest absolute Gasteiger partial charge is 0.370 e. The van der Waals surface area contributed by atoms with Crippen molar-refractivity contribution >= 4 is 5.82 Å². The zero-order chi connectivity index (χ0) is 15.9. The molecule has 1 aromatic heterocycles. The molecular formula is C19H26N4. The van der Waals surface area contributed by atoms with E-state index in [-0.39, 0.29) is 0 Å². The van der Waals surface area contributed by atoms with Gasteiger partial charge in [0, 0.05) is 31.4 Å². The highest BCUT2D eigenvalue weighted by atomic mass is 15.1. The van der Waals surface area contributed by atoms with Crippen LogP contribution in [0.1, 0.15) is 31.0 Å². The lowest BCUT2D eigenvalue weighted by Gasteiger charge is -2.16. The molecule has 2 heterocycles. The predicted octanol–water partition coefficient (Wildman–Crippen LogP) is 3.36. The molecule has 1 aliphatic rings. The molecule has 4 nitrogen and oxygen atoms in total. The number of hydrogen-bond acceptors (Lipinski definition) is 4. The Labute approximate surface area is 139 Å². The molecule has 4 heteroatoms. The molecule has 23 heavy (non-hydrogen) atoms. The highest BCUT2D eigenvalue weighted by Gasteiger charge is 2.21. The molecular weight excluding hydrogens is 284 g/mol. The second-order valence-electron chi connectivity index (χ2n) is 6.34. The smallest absolute Gasteiger partial charge is 0.129 e. The fourth-order valence-corrected chi connectivity index (χ4v) is 3.23. The van der Waals surface area contributed by atoms with Crippen molar-refractivity contribution in [3.05, 3.63) is 54.0 Å². The predicted molar refractivity (Wildman–Crippen MR) is 94.3 cm³/mol. The third kappa shape index (κ3) is 4.76. The lowest BCUT2D eigenvalue weighted by molar-refractivity contribution is 0.314. The van der Waals surface area contributed by atoms with Gasteiger partial charge in [-0.1, -0.05) is 37.3 Å². The van der Waals surface area contributed by atoms with Crippen molar-refractivity contribution in [2.45, 2.75) is 32.7 Å². The summed E-state index contributed by atoms with van der Waals surface area (Å²) < 4.78 is 0. The Hall–Kier alpha value is -1.94. The number of nitrogens with zero attached hydrogens (tertiary/aromatic N) is 3. The van der Waals surface area contributed by atoms with Crippen molar-refractivity contribution < 1.29 is 0 Å². The number of anilines is 1. The molecule has 0 radical (unpaired) electrons. The van der Waals surface area contributed by atoms with Crippen LogP contribution in [-0.2, 0) is 13.0 Å². The highest BCUT2D eigenvalue weighted by Crippen LogP contribution is 2.21. The number of hydrogen-bond donors (Lipinski definition) is 1. The van der Waals surface area contributed by atoms with Gasteiger partial charge in [0.2, 0.25) is 0 Å². The molecule has 0 unspecified atom stereocenters. The van der Waals surface area contributed by atoms with Crippen LogP contribution in [0.4, 0.5) is 5.82 Å². The number of benzene rings is 1. The van der Waals surface area contributed by atoms with Crippen LogP contribution in [0.25, 0.3) is 0 Å². The lowest BCUT2D eigenvalue weighted by atomic mass is 10.1. The second kappa shape index (κ2) is 8.06. The van der Waals surface area contributed by atoms with Crippen LogP contribution in [-0.4, -0.2) is 34.5 Å². The number of nitrogens with one attached hydrogen (secondary N) is 1. The van der Waals surface area contributed by atoms with Gasteiger partial charge in [0.05, 0.1) is 0 Å². The minimum absolute atomic E-state index is 0.790. The van der Waals surface area contributed by atoms with E-state index < -0.39 is 0 Å². The van der Waals surface area contributed by atoms with Gasteiger partial charge < -0.3 is 5.32 Å². The van der Waals surface area contributed by atoms with E-state index in [2.05, 4.69) is 63.5 Å². The first kappa shape index (κ1) is 15.9. The molecule has 1 fully saturated rings. The Morgan fingerprint density at radius 3 is 2.91 bits per heavy atom. The van der Waals surface area contributed by atoms with Crippen molar-refractivity contribution in [1.82, 2.24) is 14.9 Å². The summed E-state index contributed by atoms with van der Waals surface area (Å²) in [7, 11) is 0. The van der Waals surface area contributed by atoms with Crippen molar-refractivity contribution in [2.75, 3.05) is 25.0 Å². The van der Waals surface area contributed by atoms with Crippen LogP contribution in [0, 0.1) is 5.92 Å². The molecule has 1 aromatic carbocycles. The Bertz CT molecular complexity index is 599. The van der Waals surface area contributed by atoms with Gasteiger partial charge in [-0.3, -0.25) is 4.90 Å². The number of rotatable bonds is 7. The maximum Gasteiger partial charge on any atom is 0.129 e. The van der Waals surface area contributed by atoms with E-state index in [1.807, 2.05) is 0 Å². The third-order valence-electron chi connectivity index (χ3n) is 4.56. The van der Waals surface area contributed by atoms with Crippen molar-refractivity contribution in [1.29, 1.82) is 0 Å². The number of likely N-dealkylation sites (tertiary alicyclic amines) is 1. The molecule has 0 aliphatic carbocycles. The molecule has 1 aliphatic heterocycles. The number of aromatic nitrogens is 2. The van der Waals surface area contributed by atoms with Crippen LogP contribution < -0.4 is 5.32 Å². The van der Waals surface area contributed by atoms with Gasteiger partial charge in [-0.2, -0.15) is 0 Å². The fraction of sp³-hybridized carbons (Fsp3) is 0.474. The summed E-state index contributed by atoms with van der Waals surface area (Å²) in [6.07, 6.45) is 5.11. The van der Waals surface area contributed by atoms with Crippen LogP contribution in [0.3, 0.4) is 0 Å². The van der Waals surface area contributed by atoms with E-state index in [9.17, 15) is 0 Å². The van der Waals surface area contributed by atoms with E-state index in [0.29, 0.717) is 0 Å². The molecule has 0 saturated carbocycles. The van der Waals surface area contributed by atoms with Crippen LogP contribution in [0.15, 0.2) is 42.7 Å². The topological polar surface area (TPSA) is 41.0 Å². The third-order valence-corrected chi connectivity index (χ3v) is 4.56. The first-order valence-corrected chi connectivity index (χ1v) is 8.64. The summed E-state index contributed by atoms with van der Waals surface area (Å²) in [5, 5.41) is 3.44. The quantitative estimate of drug-likeness (QED) is 0.851. The summed E-state index contributed by atoms with van der Waals surface area (Å²) in [4.78, 5) is 11.1. The second-order valence-corrected chi connectivity index (χ2v) is 6.34. The Balaban J connectivity index is 1.40. The zero-order valence-electron chi connectivity index (χ0n) is 13.9. The first-order chi connectivity index (χ1) is 11.3. The normalized spacial score (nSPS) is 18.2. The maximum atomic E-state index is 4.29. The van der Waals surface area contributed by atoms with E-state index >= 15 is 0 Å². The summed E-state index contributed by atoms with van der Waals surface area (Å²) >= 11 is 0. The monoisotopic (exact) mass is 310 g/mol. The van der Waals surface area contributed by atoms with Crippen LogP contribution >= 0.6 is 0 Å². The summed E-state index contributed by atoms with van der Waals surface area (Å²) in [5.74, 6) is 1.75. The van der Waals surface area contributed by atoms with Gasteiger partial charge in [0.1, 0.15) is 12.1 Å². The zero-order valence-corrected chi connectivity index (χ0v) is 13.9. The standard InChI is InChI=1S/C19H26N4/c1-2-18-12-19(22-15-21-18)20-10-8-17-9-11-23(14-17)13-16-6-4-3-5-7-16/h3-7,12,15,17H,2,8-11,13-14H2,1H3,(H,20,21,22)/t17-/m1/s1. The van der Waals surface area contributed by atoms with Crippen LogP contribution in [0.2, 0.25) is 0 Å². The van der Waals surface area contributed by atoms with Crippen molar-refractivity contribution in [2.24, 2.45) is 5.92 Å². The van der Waals surface area contributed by atoms with Crippen molar-refractivity contribution in [3.8, 4) is 0 Å². The molecule has 1 N–H and O–H groups in total. The summed E-state index contributed by atoms with van der Waals surface area (Å²) in [6, 6.07) is 12.8. The fourth-order valence-electron chi connectivity index (χ4n) is 3.23. The molecule has 2 aromatic rings. The van der Waals surface area contributed by atoms with Gasteiger partial charge in [-0.25, -0.2) is 9.97 Å². The average molecular weight is 310 g/mol. The van der Waals surface area contributed by atoms with E-state index in [4.69, 9.17) is 0 Å². The summed E-state index contributed by atoms with van der Waals surface area (Å²) in [5.41, 5.74) is 2.51. The SMILES string of the molecule is CCc1cc(NCC[C@@H]2CCN(Cc3ccccc3)C2)ncn1. The van der Waals surface area contributed by atoms with Gasteiger partial charge in [-0.05, 0) is 37.3 Å². The molecule has 0 spiro atoms. The molecule has 122 valence electrons. The Morgan fingerprint density at radius 1 is 1.22 bits per heavy atom. The molecule has 1 atom stereocenters. The van der Waals surface area contributed by atoms with Gasteiger partial charge >= 0.3 is 0 Å². The van der Waals surface area contributed by atoms with E-state index in [1.165, 1.54) is 31.5 Å². The molecule has 0 amide bonds. The maximum absolute atomic E-state index is 4.29. The molecule has 1 saturated heterocycles. The van der Waals surface area contributed by atoms with Crippen LogP contribution in [0.5, 0.6) is 0 Å². The molecule has 3 rings (SSSR count). The average Bonchev–Trinajstić information content (AvgIpc) is 3.03. The van der Waals surface area contributed by atoms with E-state index in [1.54, 1.807) is 6.33 Å². The Kier molecular flexibility index (Phi) is 5.59. The van der Waals surface area contributed by atoms with E-state index in [0.717, 1.165) is 36.9 Å². The summed E-state index contributed by atoms with van der Waals surface area (Å²) in [6.45, 7) is 6.61. The van der Waals surface area contributed by atoms with Gasteiger partial charge in [-0.15, -0.1) is 0 Å². The first-order valence-electron chi connectivity index (χ1n) is 8.64. The highest BCUT2D eigenvalue weighted by molar-refractivity contribution is 5.34. The minimum Gasteiger partial charge on any atom is -0.370 e. The van der Waals surface area contributed by atoms with Crippen molar-refractivity contribution in [3.63, 3.8) is 0 Å². The number of aryl methyl sites for hydroxylation is 1. The van der Waals surface area contributed by atoms with Gasteiger partial charge in [0.25, 0.3) is 0 Å². The molecule has 0 bridgehead atoms. The minimum atomic E-state index is 0.790. The lowest BCUT2D eigenvalue weighted by Crippen LogP contribution is -2.20. The Morgan fingerprint density at radius 2 is 2.09 bits per heavy atom. The van der Waals surface area contributed by atoms with Gasteiger partial charge in [0.15, 0.2) is 0 Å².